The molecule has 3 rings (SSSR count). The number of nitrogens with one attached hydrogen (secondary N) is 2. The number of halogens is 2. The minimum atomic E-state index is -0.240. The van der Waals surface area contributed by atoms with Gasteiger partial charge >= 0.3 is 0 Å². The van der Waals surface area contributed by atoms with Gasteiger partial charge in [-0.25, -0.2) is 4.98 Å². The van der Waals surface area contributed by atoms with E-state index in [0.717, 1.165) is 19.4 Å². The van der Waals surface area contributed by atoms with Gasteiger partial charge in [0, 0.05) is 30.6 Å². The number of amides is 1. The fourth-order valence-electron chi connectivity index (χ4n) is 2.47. The van der Waals surface area contributed by atoms with E-state index in [-0.39, 0.29) is 12.0 Å². The van der Waals surface area contributed by atoms with Gasteiger partial charge in [0.25, 0.3) is 5.91 Å². The minimum absolute atomic E-state index is 0.209. The lowest BCUT2D eigenvalue weighted by Gasteiger charge is -2.12. The van der Waals surface area contributed by atoms with E-state index in [0.29, 0.717) is 33.7 Å². The van der Waals surface area contributed by atoms with Crippen LogP contribution in [-0.4, -0.2) is 30.1 Å². The Morgan fingerprint density at radius 3 is 2.88 bits per heavy atom. The molecule has 5 nitrogen and oxygen atoms in total. The standard InChI is InChI=1S/C17H17Cl2N3O2/c18-14-4-3-12(9-15(14)19)22-17(23)11-5-6-20-16(8-11)21-10-13-2-1-7-24-13/h3-6,8-9,13H,1-2,7,10H2,(H,20,21)(H,22,23). The molecule has 0 bridgehead atoms. The molecule has 1 aromatic heterocycles. The summed E-state index contributed by atoms with van der Waals surface area (Å²) in [7, 11) is 0. The molecule has 1 fully saturated rings. The Kier molecular flexibility index (Phi) is 5.56. The molecule has 24 heavy (non-hydrogen) atoms. The summed E-state index contributed by atoms with van der Waals surface area (Å²) in [6, 6.07) is 8.32. The monoisotopic (exact) mass is 365 g/mol. The van der Waals surface area contributed by atoms with Crippen molar-refractivity contribution in [2.24, 2.45) is 0 Å². The summed E-state index contributed by atoms with van der Waals surface area (Å²) in [5, 5.41) is 6.83. The molecule has 1 aliphatic rings. The van der Waals surface area contributed by atoms with Gasteiger partial charge in [-0.3, -0.25) is 4.79 Å². The van der Waals surface area contributed by atoms with Crippen LogP contribution in [0, 0.1) is 0 Å². The highest BCUT2D eigenvalue weighted by Crippen LogP contribution is 2.25. The number of nitrogens with zero attached hydrogens (tertiary/aromatic N) is 1. The summed E-state index contributed by atoms with van der Waals surface area (Å²) >= 11 is 11.8. The second kappa shape index (κ2) is 7.83. The first kappa shape index (κ1) is 17.0. The molecule has 0 radical (unpaired) electrons. The van der Waals surface area contributed by atoms with E-state index in [4.69, 9.17) is 27.9 Å². The first-order valence-corrected chi connectivity index (χ1v) is 8.45. The summed E-state index contributed by atoms with van der Waals surface area (Å²) in [5.74, 6) is 0.406. The molecule has 2 N–H and O–H groups in total. The largest absolute Gasteiger partial charge is 0.376 e. The van der Waals surface area contributed by atoms with Crippen LogP contribution >= 0.6 is 23.2 Å². The van der Waals surface area contributed by atoms with Crippen molar-refractivity contribution in [3.05, 3.63) is 52.1 Å². The number of carbonyl (C=O) groups excluding carboxylic acids is 1. The molecule has 1 aromatic carbocycles. The lowest BCUT2D eigenvalue weighted by molar-refractivity contribution is 0.102. The number of rotatable bonds is 5. The molecule has 1 unspecified atom stereocenters. The molecule has 7 heteroatoms. The summed E-state index contributed by atoms with van der Waals surface area (Å²) in [6.45, 7) is 1.50. The molecule has 0 spiro atoms. The van der Waals surface area contributed by atoms with Gasteiger partial charge in [-0.05, 0) is 43.2 Å². The van der Waals surface area contributed by atoms with E-state index in [1.807, 2.05) is 0 Å². The maximum Gasteiger partial charge on any atom is 0.255 e. The Labute approximate surface area is 150 Å². The van der Waals surface area contributed by atoms with Crippen LogP contribution in [0.2, 0.25) is 10.0 Å². The third-order valence-electron chi connectivity index (χ3n) is 3.73. The van der Waals surface area contributed by atoms with Crippen molar-refractivity contribution in [2.75, 3.05) is 23.8 Å². The Hall–Kier alpha value is -1.82. The predicted molar refractivity (Wildman–Crippen MR) is 96.1 cm³/mol. The average Bonchev–Trinajstić information content (AvgIpc) is 3.10. The molecule has 1 atom stereocenters. The van der Waals surface area contributed by atoms with Crippen LogP contribution in [-0.2, 0) is 4.74 Å². The van der Waals surface area contributed by atoms with Crippen LogP contribution < -0.4 is 10.6 Å². The predicted octanol–water partition coefficient (Wildman–Crippen LogP) is 4.23. The molecule has 1 saturated heterocycles. The van der Waals surface area contributed by atoms with E-state index in [2.05, 4.69) is 15.6 Å². The third-order valence-corrected chi connectivity index (χ3v) is 4.47. The molecule has 1 amide bonds. The molecule has 126 valence electrons. The van der Waals surface area contributed by atoms with Gasteiger partial charge in [-0.2, -0.15) is 0 Å². The number of ether oxygens (including phenoxy) is 1. The highest BCUT2D eigenvalue weighted by Gasteiger charge is 2.15. The number of pyridine rings is 1. The van der Waals surface area contributed by atoms with Crippen LogP contribution in [0.15, 0.2) is 36.5 Å². The number of benzene rings is 1. The second-order valence-electron chi connectivity index (χ2n) is 5.53. The first-order chi connectivity index (χ1) is 11.6. The quantitative estimate of drug-likeness (QED) is 0.831. The smallest absolute Gasteiger partial charge is 0.255 e. The SMILES string of the molecule is O=C(Nc1ccc(Cl)c(Cl)c1)c1ccnc(NCC2CCCO2)c1. The van der Waals surface area contributed by atoms with Gasteiger partial charge in [-0.15, -0.1) is 0 Å². The maximum absolute atomic E-state index is 12.4. The Morgan fingerprint density at radius 1 is 1.25 bits per heavy atom. The van der Waals surface area contributed by atoms with Gasteiger partial charge < -0.3 is 15.4 Å². The first-order valence-electron chi connectivity index (χ1n) is 7.70. The Balaban J connectivity index is 1.63. The van der Waals surface area contributed by atoms with Crippen molar-refractivity contribution in [1.29, 1.82) is 0 Å². The van der Waals surface area contributed by atoms with Crippen LogP contribution in [0.3, 0.4) is 0 Å². The van der Waals surface area contributed by atoms with Crippen molar-refractivity contribution in [2.45, 2.75) is 18.9 Å². The van der Waals surface area contributed by atoms with Gasteiger partial charge in [0.2, 0.25) is 0 Å². The number of hydrogen-bond acceptors (Lipinski definition) is 4. The van der Waals surface area contributed by atoms with Crippen LogP contribution in [0.25, 0.3) is 0 Å². The zero-order valence-corrected chi connectivity index (χ0v) is 14.4. The summed E-state index contributed by atoms with van der Waals surface area (Å²) in [4.78, 5) is 16.6. The maximum atomic E-state index is 12.4. The van der Waals surface area contributed by atoms with Crippen molar-refractivity contribution in [3.63, 3.8) is 0 Å². The van der Waals surface area contributed by atoms with E-state index >= 15 is 0 Å². The average molecular weight is 366 g/mol. The van der Waals surface area contributed by atoms with Crippen molar-refractivity contribution < 1.29 is 9.53 Å². The Bertz CT molecular complexity index is 734. The van der Waals surface area contributed by atoms with Gasteiger partial charge in [-0.1, -0.05) is 23.2 Å². The van der Waals surface area contributed by atoms with Crippen molar-refractivity contribution in [3.8, 4) is 0 Å². The van der Waals surface area contributed by atoms with Crippen LogP contribution in [0.5, 0.6) is 0 Å². The highest BCUT2D eigenvalue weighted by atomic mass is 35.5. The van der Waals surface area contributed by atoms with E-state index < -0.39 is 0 Å². The lowest BCUT2D eigenvalue weighted by atomic mass is 10.2. The normalized spacial score (nSPS) is 16.8. The lowest BCUT2D eigenvalue weighted by Crippen LogP contribution is -2.19. The van der Waals surface area contributed by atoms with E-state index in [1.54, 1.807) is 36.5 Å². The summed E-state index contributed by atoms with van der Waals surface area (Å²) < 4.78 is 5.56. The van der Waals surface area contributed by atoms with E-state index in [9.17, 15) is 4.79 Å². The topological polar surface area (TPSA) is 63.2 Å². The van der Waals surface area contributed by atoms with Gasteiger partial charge in [0.15, 0.2) is 0 Å². The number of aromatic nitrogens is 1. The molecule has 2 aromatic rings. The van der Waals surface area contributed by atoms with Crippen molar-refractivity contribution >= 4 is 40.6 Å². The number of anilines is 2. The zero-order chi connectivity index (χ0) is 16.9. The second-order valence-corrected chi connectivity index (χ2v) is 6.34. The van der Waals surface area contributed by atoms with Gasteiger partial charge in [0.1, 0.15) is 5.82 Å². The summed E-state index contributed by atoms with van der Waals surface area (Å²) in [5.41, 5.74) is 1.09. The fourth-order valence-corrected chi connectivity index (χ4v) is 2.77. The minimum Gasteiger partial charge on any atom is -0.376 e. The zero-order valence-electron chi connectivity index (χ0n) is 12.9. The Morgan fingerprint density at radius 2 is 2.12 bits per heavy atom. The van der Waals surface area contributed by atoms with Crippen LogP contribution in [0.1, 0.15) is 23.2 Å². The molecule has 0 aliphatic carbocycles. The van der Waals surface area contributed by atoms with Crippen LogP contribution in [0.4, 0.5) is 11.5 Å². The number of hydrogen-bond donors (Lipinski definition) is 2. The molecular weight excluding hydrogens is 349 g/mol. The molecular formula is C17H17Cl2N3O2. The third kappa shape index (κ3) is 4.38. The fraction of sp³-hybridized carbons (Fsp3) is 0.294. The highest BCUT2D eigenvalue weighted by molar-refractivity contribution is 6.42. The molecule has 1 aliphatic heterocycles. The molecule has 0 saturated carbocycles. The molecule has 2 heterocycles. The summed E-state index contributed by atoms with van der Waals surface area (Å²) in [6.07, 6.45) is 3.94. The van der Waals surface area contributed by atoms with E-state index in [1.165, 1.54) is 0 Å². The number of carbonyl (C=O) groups is 1. The van der Waals surface area contributed by atoms with Gasteiger partial charge in [0.05, 0.1) is 16.1 Å². The van der Waals surface area contributed by atoms with Crippen molar-refractivity contribution in [1.82, 2.24) is 4.98 Å².